The molecule has 0 aliphatic carbocycles. The highest BCUT2D eigenvalue weighted by molar-refractivity contribution is 14.0. The van der Waals surface area contributed by atoms with E-state index < -0.39 is 0 Å². The first-order valence-electron chi connectivity index (χ1n) is 10.0. The highest BCUT2D eigenvalue weighted by Crippen LogP contribution is 2.16. The number of halogens is 1. The summed E-state index contributed by atoms with van der Waals surface area (Å²) in [6.07, 6.45) is 7.92. The third-order valence-corrected chi connectivity index (χ3v) is 5.13. The Labute approximate surface area is 185 Å². The van der Waals surface area contributed by atoms with Gasteiger partial charge in [-0.3, -0.25) is 0 Å². The molecule has 1 fully saturated rings. The van der Waals surface area contributed by atoms with Crippen molar-refractivity contribution in [3.8, 4) is 5.69 Å². The fraction of sp³-hybridized carbons (Fsp3) is 0.524. The molecule has 0 saturated carbocycles. The van der Waals surface area contributed by atoms with Gasteiger partial charge in [0.05, 0.1) is 18.6 Å². The molecule has 1 aliphatic rings. The molecule has 6 nitrogen and oxygen atoms in total. The number of hydrogen-bond acceptors (Lipinski definition) is 3. The largest absolute Gasteiger partial charge is 0.357 e. The van der Waals surface area contributed by atoms with Crippen LogP contribution < -0.4 is 10.6 Å². The Morgan fingerprint density at radius 3 is 2.64 bits per heavy atom. The number of aromatic nitrogens is 2. The number of imidazole rings is 1. The zero-order chi connectivity index (χ0) is 19.1. The smallest absolute Gasteiger partial charge is 0.191 e. The summed E-state index contributed by atoms with van der Waals surface area (Å²) in [6, 6.07) is 9.47. The van der Waals surface area contributed by atoms with E-state index in [1.54, 1.807) is 6.20 Å². The van der Waals surface area contributed by atoms with Crippen molar-refractivity contribution in [3.05, 3.63) is 48.5 Å². The van der Waals surface area contributed by atoms with Crippen LogP contribution in [0.2, 0.25) is 0 Å². The lowest BCUT2D eigenvalue weighted by atomic mass is 10.0. The molecule has 0 bridgehead atoms. The lowest BCUT2D eigenvalue weighted by Crippen LogP contribution is -2.49. The van der Waals surface area contributed by atoms with Crippen LogP contribution in [0.4, 0.5) is 0 Å². The van der Waals surface area contributed by atoms with Gasteiger partial charge in [-0.1, -0.05) is 18.2 Å². The van der Waals surface area contributed by atoms with Gasteiger partial charge in [0.2, 0.25) is 0 Å². The highest BCUT2D eigenvalue weighted by Gasteiger charge is 2.21. The van der Waals surface area contributed by atoms with Gasteiger partial charge in [-0.2, -0.15) is 0 Å². The van der Waals surface area contributed by atoms with Crippen LogP contribution >= 0.6 is 24.0 Å². The number of para-hydroxylation sites is 1. The van der Waals surface area contributed by atoms with Crippen LogP contribution in [-0.2, 0) is 6.54 Å². The molecule has 1 aromatic heterocycles. The van der Waals surface area contributed by atoms with Crippen molar-refractivity contribution in [2.75, 3.05) is 19.6 Å². The minimum Gasteiger partial charge on any atom is -0.357 e. The Morgan fingerprint density at radius 1 is 1.25 bits per heavy atom. The van der Waals surface area contributed by atoms with Gasteiger partial charge in [0.15, 0.2) is 5.96 Å². The molecule has 2 aromatic rings. The van der Waals surface area contributed by atoms with Crippen molar-refractivity contribution in [1.82, 2.24) is 25.1 Å². The summed E-state index contributed by atoms with van der Waals surface area (Å²) in [6.45, 7) is 10.5. The number of rotatable bonds is 6. The van der Waals surface area contributed by atoms with E-state index in [0.29, 0.717) is 18.6 Å². The van der Waals surface area contributed by atoms with E-state index in [2.05, 4.69) is 65.6 Å². The molecule has 1 aromatic carbocycles. The fourth-order valence-corrected chi connectivity index (χ4v) is 3.54. The molecule has 0 amide bonds. The monoisotopic (exact) mass is 496 g/mol. The van der Waals surface area contributed by atoms with Crippen molar-refractivity contribution in [2.24, 2.45) is 4.99 Å². The SMILES string of the molecule is CCNC(=NCc1ccccc1-n1ccnc1)NC1CCN(C(C)C)CC1.I. The molecule has 2 heterocycles. The summed E-state index contributed by atoms with van der Waals surface area (Å²) in [5.41, 5.74) is 2.31. The second kappa shape index (κ2) is 11.4. The second-order valence-electron chi connectivity index (χ2n) is 7.34. The van der Waals surface area contributed by atoms with Crippen molar-refractivity contribution in [2.45, 2.75) is 52.2 Å². The number of nitrogens with zero attached hydrogens (tertiary/aromatic N) is 4. The lowest BCUT2D eigenvalue weighted by Gasteiger charge is -2.35. The third kappa shape index (κ3) is 6.20. The number of hydrogen-bond donors (Lipinski definition) is 2. The lowest BCUT2D eigenvalue weighted by molar-refractivity contribution is 0.167. The molecule has 0 radical (unpaired) electrons. The number of aliphatic imine (C=N–C) groups is 1. The van der Waals surface area contributed by atoms with Crippen LogP contribution in [0.25, 0.3) is 5.69 Å². The Morgan fingerprint density at radius 2 is 2.00 bits per heavy atom. The van der Waals surface area contributed by atoms with E-state index in [-0.39, 0.29) is 24.0 Å². The van der Waals surface area contributed by atoms with Gasteiger partial charge in [0, 0.05) is 44.1 Å². The summed E-state index contributed by atoms with van der Waals surface area (Å²) < 4.78 is 2.03. The maximum absolute atomic E-state index is 4.85. The first-order chi connectivity index (χ1) is 13.2. The van der Waals surface area contributed by atoms with Crippen molar-refractivity contribution in [1.29, 1.82) is 0 Å². The minimum atomic E-state index is 0. The highest BCUT2D eigenvalue weighted by atomic mass is 127. The molecule has 0 unspecified atom stereocenters. The van der Waals surface area contributed by atoms with E-state index in [1.165, 1.54) is 5.56 Å². The van der Waals surface area contributed by atoms with E-state index >= 15 is 0 Å². The minimum absolute atomic E-state index is 0. The first kappa shape index (κ1) is 22.7. The third-order valence-electron chi connectivity index (χ3n) is 5.13. The zero-order valence-corrected chi connectivity index (χ0v) is 19.5. The van der Waals surface area contributed by atoms with Crippen molar-refractivity contribution in [3.63, 3.8) is 0 Å². The van der Waals surface area contributed by atoms with Crippen LogP contribution in [0.15, 0.2) is 48.0 Å². The van der Waals surface area contributed by atoms with Crippen LogP contribution in [0.1, 0.15) is 39.2 Å². The predicted octanol–water partition coefficient (Wildman–Crippen LogP) is 3.42. The normalized spacial score (nSPS) is 16.1. The molecule has 0 atom stereocenters. The summed E-state index contributed by atoms with van der Waals surface area (Å²) in [5, 5.41) is 7.03. The summed E-state index contributed by atoms with van der Waals surface area (Å²) >= 11 is 0. The molecule has 1 saturated heterocycles. The average Bonchev–Trinajstić information content (AvgIpc) is 3.21. The van der Waals surface area contributed by atoms with Crippen LogP contribution in [0, 0.1) is 0 Å². The van der Waals surface area contributed by atoms with Crippen LogP contribution in [-0.4, -0.2) is 52.1 Å². The van der Waals surface area contributed by atoms with Crippen LogP contribution in [0.3, 0.4) is 0 Å². The molecule has 3 rings (SSSR count). The Kier molecular flexibility index (Phi) is 9.24. The Balaban J connectivity index is 0.00000280. The molecular weight excluding hydrogens is 463 g/mol. The van der Waals surface area contributed by atoms with Gasteiger partial charge >= 0.3 is 0 Å². The fourth-order valence-electron chi connectivity index (χ4n) is 3.54. The van der Waals surface area contributed by atoms with Gasteiger partial charge in [-0.05, 0) is 45.2 Å². The van der Waals surface area contributed by atoms with E-state index in [0.717, 1.165) is 44.1 Å². The molecule has 28 heavy (non-hydrogen) atoms. The van der Waals surface area contributed by atoms with Crippen molar-refractivity contribution >= 4 is 29.9 Å². The number of guanidine groups is 1. The van der Waals surface area contributed by atoms with Crippen molar-refractivity contribution < 1.29 is 0 Å². The van der Waals surface area contributed by atoms with E-state index in [1.807, 2.05) is 17.1 Å². The van der Waals surface area contributed by atoms with Gasteiger partial charge in [-0.15, -0.1) is 24.0 Å². The second-order valence-corrected chi connectivity index (χ2v) is 7.34. The summed E-state index contributed by atoms with van der Waals surface area (Å²) in [7, 11) is 0. The molecule has 2 N–H and O–H groups in total. The van der Waals surface area contributed by atoms with Gasteiger partial charge in [0.1, 0.15) is 0 Å². The Bertz CT molecular complexity index is 720. The first-order valence-corrected chi connectivity index (χ1v) is 10.0. The number of nitrogens with one attached hydrogen (secondary N) is 2. The maximum Gasteiger partial charge on any atom is 0.191 e. The molecule has 154 valence electrons. The standard InChI is InChI=1S/C21H32N6.HI/c1-4-23-21(25-19-9-12-26(13-10-19)17(2)3)24-15-18-7-5-6-8-20(18)27-14-11-22-16-27;/h5-8,11,14,16-17,19H,4,9-10,12-13,15H2,1-3H3,(H2,23,24,25);1H. The number of piperidine rings is 1. The predicted molar refractivity (Wildman–Crippen MR) is 127 cm³/mol. The van der Waals surface area contributed by atoms with E-state index in [9.17, 15) is 0 Å². The maximum atomic E-state index is 4.85. The number of likely N-dealkylation sites (tertiary alicyclic amines) is 1. The van der Waals surface area contributed by atoms with Crippen LogP contribution in [0.5, 0.6) is 0 Å². The summed E-state index contributed by atoms with van der Waals surface area (Å²) in [5.74, 6) is 0.904. The molecule has 1 aliphatic heterocycles. The number of benzene rings is 1. The van der Waals surface area contributed by atoms with Gasteiger partial charge in [0.25, 0.3) is 0 Å². The van der Waals surface area contributed by atoms with E-state index in [4.69, 9.17) is 4.99 Å². The molecular formula is C21H33IN6. The zero-order valence-electron chi connectivity index (χ0n) is 17.1. The molecule has 0 spiro atoms. The topological polar surface area (TPSA) is 57.5 Å². The average molecular weight is 496 g/mol. The van der Waals surface area contributed by atoms with Gasteiger partial charge < -0.3 is 20.1 Å². The van der Waals surface area contributed by atoms with Gasteiger partial charge in [-0.25, -0.2) is 9.98 Å². The quantitative estimate of drug-likeness (QED) is 0.366. The summed E-state index contributed by atoms with van der Waals surface area (Å²) in [4.78, 5) is 11.6. The molecule has 7 heteroatoms. The Hall–Kier alpha value is -1.61.